The molecule has 7 nitrogen and oxygen atoms in total. The number of halogens is 3. The number of carbonyl (C=O) groups is 1. The summed E-state index contributed by atoms with van der Waals surface area (Å²) < 4.78 is 72.2. The zero-order valence-electron chi connectivity index (χ0n) is 18.1. The minimum Gasteiger partial charge on any atom is -0.457 e. The van der Waals surface area contributed by atoms with Crippen LogP contribution in [0.25, 0.3) is 0 Å². The van der Waals surface area contributed by atoms with Gasteiger partial charge in [0.25, 0.3) is 0 Å². The van der Waals surface area contributed by atoms with Crippen LogP contribution in [0.1, 0.15) is 6.92 Å². The molecule has 0 fully saturated rings. The molecule has 0 aliphatic carbocycles. The highest BCUT2D eigenvalue weighted by atomic mass is 32.2. The monoisotopic (exact) mass is 494 g/mol. The third kappa shape index (κ3) is 6.88. The lowest BCUT2D eigenvalue weighted by molar-refractivity contribution is -0.274. The molecule has 0 aromatic heterocycles. The maximum Gasteiger partial charge on any atom is 0.573 e. The molecule has 34 heavy (non-hydrogen) atoms. The van der Waals surface area contributed by atoms with E-state index in [1.807, 2.05) is 18.2 Å². The Morgan fingerprint density at radius 2 is 1.41 bits per heavy atom. The van der Waals surface area contributed by atoms with Crippen LogP contribution in [0.15, 0.2) is 78.9 Å². The van der Waals surface area contributed by atoms with E-state index in [2.05, 4.69) is 10.1 Å². The smallest absolute Gasteiger partial charge is 0.457 e. The number of para-hydroxylation sites is 1. The van der Waals surface area contributed by atoms with Crippen LogP contribution in [0, 0.1) is 0 Å². The van der Waals surface area contributed by atoms with Gasteiger partial charge < -0.3 is 14.8 Å². The second-order valence-electron chi connectivity index (χ2n) is 7.21. The van der Waals surface area contributed by atoms with Gasteiger partial charge >= 0.3 is 6.36 Å². The number of sulfonamides is 1. The normalized spacial score (nSPS) is 12.5. The van der Waals surface area contributed by atoms with Crippen molar-refractivity contribution < 1.29 is 35.9 Å². The van der Waals surface area contributed by atoms with E-state index < -0.39 is 34.1 Å². The van der Waals surface area contributed by atoms with Crippen LogP contribution in [0.2, 0.25) is 0 Å². The Morgan fingerprint density at radius 1 is 0.882 bits per heavy atom. The van der Waals surface area contributed by atoms with E-state index in [1.54, 1.807) is 24.3 Å². The number of amides is 1. The maximum absolute atomic E-state index is 12.7. The van der Waals surface area contributed by atoms with Crippen LogP contribution in [-0.2, 0) is 14.8 Å². The van der Waals surface area contributed by atoms with E-state index in [0.29, 0.717) is 11.5 Å². The largest absolute Gasteiger partial charge is 0.573 e. The molecule has 0 bridgehead atoms. The number of hydrogen-bond acceptors (Lipinski definition) is 5. The van der Waals surface area contributed by atoms with E-state index >= 15 is 0 Å². The number of alkyl halides is 3. The second kappa shape index (κ2) is 10.0. The number of hydrogen-bond donors (Lipinski definition) is 1. The Kier molecular flexibility index (Phi) is 7.35. The Morgan fingerprint density at radius 3 is 1.94 bits per heavy atom. The van der Waals surface area contributed by atoms with Crippen molar-refractivity contribution in [1.82, 2.24) is 0 Å². The van der Waals surface area contributed by atoms with Crippen LogP contribution >= 0.6 is 0 Å². The van der Waals surface area contributed by atoms with Crippen molar-refractivity contribution in [1.29, 1.82) is 0 Å². The number of ether oxygens (including phenoxy) is 2. The first-order chi connectivity index (χ1) is 15.9. The summed E-state index contributed by atoms with van der Waals surface area (Å²) >= 11 is 0. The van der Waals surface area contributed by atoms with Crippen molar-refractivity contribution in [3.63, 3.8) is 0 Å². The van der Waals surface area contributed by atoms with Crippen molar-refractivity contribution in [2.24, 2.45) is 0 Å². The average Bonchev–Trinajstić information content (AvgIpc) is 2.75. The van der Waals surface area contributed by atoms with Crippen molar-refractivity contribution in [2.45, 2.75) is 19.3 Å². The van der Waals surface area contributed by atoms with Gasteiger partial charge in [-0.2, -0.15) is 0 Å². The first-order valence-electron chi connectivity index (χ1n) is 9.91. The van der Waals surface area contributed by atoms with Crippen LogP contribution in [0.4, 0.5) is 24.5 Å². The van der Waals surface area contributed by atoms with Gasteiger partial charge in [-0.25, -0.2) is 8.42 Å². The topological polar surface area (TPSA) is 84.9 Å². The Hall–Kier alpha value is -3.73. The van der Waals surface area contributed by atoms with Gasteiger partial charge in [-0.1, -0.05) is 18.2 Å². The summed E-state index contributed by atoms with van der Waals surface area (Å²) in [5.74, 6) is -0.0510. The fourth-order valence-electron chi connectivity index (χ4n) is 3.08. The van der Waals surface area contributed by atoms with Gasteiger partial charge in [0, 0.05) is 5.69 Å². The molecule has 3 aromatic rings. The number of rotatable bonds is 8. The fourth-order valence-corrected chi connectivity index (χ4v) is 4.26. The molecule has 0 aliphatic heterocycles. The summed E-state index contributed by atoms with van der Waals surface area (Å²) in [5.41, 5.74) is 0.408. The summed E-state index contributed by atoms with van der Waals surface area (Å²) in [6.07, 6.45) is -3.87. The highest BCUT2D eigenvalue weighted by molar-refractivity contribution is 7.92. The van der Waals surface area contributed by atoms with Crippen molar-refractivity contribution >= 4 is 27.3 Å². The quantitative estimate of drug-likeness (QED) is 0.467. The first-order valence-corrected chi connectivity index (χ1v) is 11.8. The molecular formula is C23H21F3N2O5S. The predicted octanol–water partition coefficient (Wildman–Crippen LogP) is 5.17. The van der Waals surface area contributed by atoms with E-state index in [1.165, 1.54) is 31.2 Å². The lowest BCUT2D eigenvalue weighted by Gasteiger charge is -2.28. The molecule has 1 N–H and O–H groups in total. The molecule has 1 amide bonds. The molecule has 3 rings (SSSR count). The average molecular weight is 494 g/mol. The molecule has 11 heteroatoms. The lowest BCUT2D eigenvalue weighted by Crippen LogP contribution is -2.45. The third-order valence-corrected chi connectivity index (χ3v) is 5.76. The molecular weight excluding hydrogens is 473 g/mol. The minimum atomic E-state index is -4.84. The van der Waals surface area contributed by atoms with Gasteiger partial charge in [-0.05, 0) is 67.6 Å². The van der Waals surface area contributed by atoms with Gasteiger partial charge in [0.15, 0.2) is 0 Å². The Balaban J connectivity index is 1.74. The molecule has 0 saturated carbocycles. The van der Waals surface area contributed by atoms with E-state index in [9.17, 15) is 26.4 Å². The van der Waals surface area contributed by atoms with Crippen LogP contribution in [-0.4, -0.2) is 33.0 Å². The number of nitrogens with zero attached hydrogens (tertiary/aromatic N) is 1. The number of carbonyl (C=O) groups excluding carboxylic acids is 1. The molecule has 1 atom stereocenters. The van der Waals surface area contributed by atoms with Gasteiger partial charge in [0.1, 0.15) is 23.3 Å². The SMILES string of the molecule is CC(C(=O)Nc1ccc(OC(F)(F)F)cc1)N(c1ccc(Oc2ccccc2)cc1)S(C)(=O)=O. The zero-order valence-corrected chi connectivity index (χ0v) is 18.9. The second-order valence-corrected chi connectivity index (χ2v) is 9.06. The van der Waals surface area contributed by atoms with Crippen molar-refractivity contribution in [2.75, 3.05) is 15.9 Å². The molecule has 0 heterocycles. The third-order valence-electron chi connectivity index (χ3n) is 4.51. The maximum atomic E-state index is 12.7. The van der Waals surface area contributed by atoms with Gasteiger partial charge in [0.2, 0.25) is 15.9 Å². The van der Waals surface area contributed by atoms with Crippen molar-refractivity contribution in [3.8, 4) is 17.2 Å². The Labute approximate surface area is 194 Å². The van der Waals surface area contributed by atoms with Crippen LogP contribution in [0.3, 0.4) is 0 Å². The van der Waals surface area contributed by atoms with Crippen molar-refractivity contribution in [3.05, 3.63) is 78.9 Å². The molecule has 3 aromatic carbocycles. The van der Waals surface area contributed by atoms with E-state index in [0.717, 1.165) is 22.7 Å². The summed E-state index contributed by atoms with van der Waals surface area (Å²) in [5, 5.41) is 2.49. The fraction of sp³-hybridized carbons (Fsp3) is 0.174. The molecule has 0 radical (unpaired) electrons. The molecule has 0 saturated heterocycles. The summed E-state index contributed by atoms with van der Waals surface area (Å²) in [6.45, 7) is 1.39. The predicted molar refractivity (Wildman–Crippen MR) is 121 cm³/mol. The summed E-state index contributed by atoms with van der Waals surface area (Å²) in [6, 6.07) is 18.5. The number of nitrogens with one attached hydrogen (secondary N) is 1. The number of benzene rings is 3. The first kappa shape index (κ1) is 24.9. The standard InChI is InChI=1S/C23H21F3N2O5S/c1-16(22(29)27-17-8-12-21(13-9-17)33-23(24,25)26)28(34(2,30)31)18-10-14-20(15-11-18)32-19-6-4-3-5-7-19/h3-16H,1-2H3,(H,27,29). The van der Waals surface area contributed by atoms with Gasteiger partial charge in [-0.15, -0.1) is 13.2 Å². The number of anilines is 2. The molecule has 180 valence electrons. The van der Waals surface area contributed by atoms with Crippen LogP contribution in [0.5, 0.6) is 17.2 Å². The Bertz CT molecular complexity index is 1220. The van der Waals surface area contributed by atoms with Gasteiger partial charge in [0.05, 0.1) is 11.9 Å². The molecule has 0 spiro atoms. The highest BCUT2D eigenvalue weighted by Gasteiger charge is 2.31. The van der Waals surface area contributed by atoms with E-state index in [4.69, 9.17) is 4.74 Å². The van der Waals surface area contributed by atoms with E-state index in [-0.39, 0.29) is 11.4 Å². The highest BCUT2D eigenvalue weighted by Crippen LogP contribution is 2.28. The molecule has 0 aliphatic rings. The summed E-state index contributed by atoms with van der Waals surface area (Å²) in [7, 11) is -3.87. The van der Waals surface area contributed by atoms with Gasteiger partial charge in [-0.3, -0.25) is 9.10 Å². The summed E-state index contributed by atoms with van der Waals surface area (Å²) in [4.78, 5) is 12.7. The minimum absolute atomic E-state index is 0.173. The lowest BCUT2D eigenvalue weighted by atomic mass is 10.2. The molecule has 1 unspecified atom stereocenters. The van der Waals surface area contributed by atoms with Crippen LogP contribution < -0.4 is 19.1 Å². The zero-order chi connectivity index (χ0) is 24.9.